The van der Waals surface area contributed by atoms with Gasteiger partial charge < -0.3 is 15.6 Å². The zero-order valence-corrected chi connectivity index (χ0v) is 16.9. The van der Waals surface area contributed by atoms with Gasteiger partial charge in [-0.1, -0.05) is 30.3 Å². The van der Waals surface area contributed by atoms with Crippen LogP contribution in [0.1, 0.15) is 13.2 Å². The van der Waals surface area contributed by atoms with E-state index < -0.39 is 31.8 Å². The van der Waals surface area contributed by atoms with Gasteiger partial charge in [0.25, 0.3) is 5.56 Å². The van der Waals surface area contributed by atoms with Crippen molar-refractivity contribution in [3.05, 3.63) is 40.7 Å². The van der Waals surface area contributed by atoms with Crippen LogP contribution in [0.5, 0.6) is 0 Å². The van der Waals surface area contributed by atoms with Crippen molar-refractivity contribution in [2.45, 2.75) is 25.4 Å². The van der Waals surface area contributed by atoms with E-state index in [1.807, 2.05) is 18.2 Å². The summed E-state index contributed by atoms with van der Waals surface area (Å²) < 4.78 is 17.9. The standard InChI is InChI=1S/C17H20BN5O6P/c1-9-7-27-30(18,26)28-8-11(24)16(29-9)23-13(10-5-3-2-4-6-10)20-12-14(23)21-17(19)22-15(12)25/h2-6,9,11,16,24,26H,7-8H2,1H3,(H3,19,21,22,25)/q+1/t9-,11-,16+,30?/m0/s1. The Kier molecular flexibility index (Phi) is 5.62. The second-order valence-corrected chi connectivity index (χ2v) is 8.50. The number of H-pyrrole nitrogens is 1. The molecule has 0 aliphatic carbocycles. The van der Waals surface area contributed by atoms with E-state index in [2.05, 4.69) is 15.0 Å². The summed E-state index contributed by atoms with van der Waals surface area (Å²) in [5.74, 6) is 0.226. The van der Waals surface area contributed by atoms with Crippen LogP contribution in [0, 0.1) is 0 Å². The average Bonchev–Trinajstić information content (AvgIpc) is 3.10. The lowest BCUT2D eigenvalue weighted by Gasteiger charge is -2.27. The maximum Gasteiger partial charge on any atom is 0.488 e. The number of aliphatic hydroxyl groups excluding tert-OH is 1. The normalized spacial score (nSPS) is 28.0. The Labute approximate surface area is 172 Å². The fraction of sp³-hybridized carbons (Fsp3) is 0.353. The van der Waals surface area contributed by atoms with Crippen LogP contribution in [0.3, 0.4) is 0 Å². The smallest absolute Gasteiger partial charge is 0.386 e. The predicted molar refractivity (Wildman–Crippen MR) is 110 cm³/mol. The number of benzene rings is 1. The lowest BCUT2D eigenvalue weighted by molar-refractivity contribution is -0.120. The van der Waals surface area contributed by atoms with Crippen molar-refractivity contribution in [3.8, 4) is 11.4 Å². The summed E-state index contributed by atoms with van der Waals surface area (Å²) in [6.45, 7) is 1.22. The Morgan fingerprint density at radius 2 is 1.97 bits per heavy atom. The molecule has 3 aromatic rings. The molecule has 1 fully saturated rings. The second kappa shape index (κ2) is 8.07. The zero-order valence-electron chi connectivity index (χ0n) is 16.0. The third-order valence-corrected chi connectivity index (χ3v) is 5.52. The Balaban J connectivity index is 1.92. The number of anilines is 1. The molecule has 1 aromatic carbocycles. The molecule has 4 rings (SSSR count). The first-order valence-electron chi connectivity index (χ1n) is 9.11. The van der Waals surface area contributed by atoms with E-state index in [1.54, 1.807) is 19.1 Å². The number of aromatic amines is 1. The first kappa shape index (κ1) is 20.9. The summed E-state index contributed by atoms with van der Waals surface area (Å²) in [5, 5.41) is 10.8. The van der Waals surface area contributed by atoms with Crippen LogP contribution in [0.4, 0.5) is 5.95 Å². The molecule has 0 amide bonds. The Hall–Kier alpha value is -2.34. The van der Waals surface area contributed by atoms with Crippen molar-refractivity contribution in [1.29, 1.82) is 0 Å². The highest BCUT2D eigenvalue weighted by molar-refractivity contribution is 7.85. The van der Waals surface area contributed by atoms with Crippen molar-refractivity contribution in [2.24, 2.45) is 0 Å². The molecule has 3 heterocycles. The van der Waals surface area contributed by atoms with Gasteiger partial charge in [-0.3, -0.25) is 14.3 Å². The first-order chi connectivity index (χ1) is 14.2. The molecule has 156 valence electrons. The number of nitrogens with zero attached hydrogens (tertiary/aromatic N) is 3. The zero-order chi connectivity index (χ0) is 21.5. The number of aromatic nitrogens is 4. The van der Waals surface area contributed by atoms with Crippen molar-refractivity contribution in [1.82, 2.24) is 19.5 Å². The first-order valence-corrected chi connectivity index (χ1v) is 10.8. The number of nitrogen functional groups attached to an aromatic ring is 1. The monoisotopic (exact) mass is 432 g/mol. The number of nitrogens with one attached hydrogen (secondary N) is 1. The fourth-order valence-corrected chi connectivity index (χ4v) is 4.01. The third-order valence-electron chi connectivity index (χ3n) is 4.48. The van der Waals surface area contributed by atoms with Crippen LogP contribution < -0.4 is 11.3 Å². The largest absolute Gasteiger partial charge is 0.488 e. The minimum atomic E-state index is -3.60. The van der Waals surface area contributed by atoms with Gasteiger partial charge in [0.2, 0.25) is 5.95 Å². The van der Waals surface area contributed by atoms with Gasteiger partial charge in [0.15, 0.2) is 17.4 Å². The van der Waals surface area contributed by atoms with E-state index in [0.717, 1.165) is 0 Å². The van der Waals surface area contributed by atoms with Crippen molar-refractivity contribution in [3.63, 3.8) is 0 Å². The van der Waals surface area contributed by atoms with E-state index in [-0.39, 0.29) is 30.3 Å². The van der Waals surface area contributed by atoms with Crippen molar-refractivity contribution in [2.75, 3.05) is 18.9 Å². The number of aliphatic hydroxyl groups is 1. The topological polar surface area (TPSA) is 158 Å². The number of hydrogen-bond donors (Lipinski definition) is 4. The second-order valence-electron chi connectivity index (χ2n) is 6.86. The van der Waals surface area contributed by atoms with E-state index in [4.69, 9.17) is 27.1 Å². The molecule has 2 aromatic heterocycles. The molecule has 5 N–H and O–H groups in total. The lowest BCUT2D eigenvalue weighted by Crippen LogP contribution is -2.33. The van der Waals surface area contributed by atoms with Gasteiger partial charge in [-0.05, 0) is 6.92 Å². The molecule has 1 unspecified atom stereocenters. The summed E-state index contributed by atoms with van der Waals surface area (Å²) in [6.07, 6.45) is -2.98. The van der Waals surface area contributed by atoms with E-state index in [9.17, 15) is 14.8 Å². The summed E-state index contributed by atoms with van der Waals surface area (Å²) in [6, 6.07) is 9.05. The molecule has 11 nitrogen and oxygen atoms in total. The molecule has 30 heavy (non-hydrogen) atoms. The van der Waals surface area contributed by atoms with E-state index >= 15 is 0 Å². The van der Waals surface area contributed by atoms with Gasteiger partial charge in [-0.2, -0.15) is 14.0 Å². The third kappa shape index (κ3) is 4.11. The van der Waals surface area contributed by atoms with Gasteiger partial charge >= 0.3 is 15.4 Å². The van der Waals surface area contributed by atoms with Crippen LogP contribution in [0.2, 0.25) is 0 Å². The highest BCUT2D eigenvalue weighted by Crippen LogP contribution is 2.52. The van der Waals surface area contributed by atoms with Crippen molar-refractivity contribution < 1.29 is 23.8 Å². The Morgan fingerprint density at radius 3 is 2.70 bits per heavy atom. The quantitative estimate of drug-likeness (QED) is 0.335. The summed E-state index contributed by atoms with van der Waals surface area (Å²) >= 11 is 0. The maximum atomic E-state index is 12.4. The van der Waals surface area contributed by atoms with Crippen LogP contribution in [-0.4, -0.2) is 62.5 Å². The van der Waals surface area contributed by atoms with Gasteiger partial charge in [-0.15, -0.1) is 0 Å². The van der Waals surface area contributed by atoms with Gasteiger partial charge in [0.05, 0.1) is 6.10 Å². The van der Waals surface area contributed by atoms with Crippen LogP contribution >= 0.6 is 7.82 Å². The SMILES string of the molecule is [B][P+]1(O)OC[C@H](C)O[C@@H](n2c(-c3ccccc3)nc3c(=O)[nH]c(N)nc32)[C@@H](O)CO1. The van der Waals surface area contributed by atoms with Gasteiger partial charge in [-0.25, -0.2) is 9.88 Å². The number of hydrogen-bond acceptors (Lipinski definition) is 9. The predicted octanol–water partition coefficient (Wildman–Crippen LogP) is 0.519. The molecule has 1 aliphatic heterocycles. The Morgan fingerprint density at radius 1 is 1.27 bits per heavy atom. The molecule has 2 radical (unpaired) electrons. The maximum absolute atomic E-state index is 12.4. The minimum absolute atomic E-state index is 0.0337. The summed E-state index contributed by atoms with van der Waals surface area (Å²) in [4.78, 5) is 33.5. The molecular weight excluding hydrogens is 412 g/mol. The van der Waals surface area contributed by atoms with Crippen LogP contribution in [-0.2, 0) is 13.8 Å². The number of rotatable bonds is 2. The van der Waals surface area contributed by atoms with E-state index in [0.29, 0.717) is 11.4 Å². The minimum Gasteiger partial charge on any atom is -0.386 e. The van der Waals surface area contributed by atoms with Gasteiger partial charge in [0, 0.05) is 5.56 Å². The highest BCUT2D eigenvalue weighted by atomic mass is 31.2. The highest BCUT2D eigenvalue weighted by Gasteiger charge is 2.40. The number of nitrogens with two attached hydrogens (primary N) is 1. The average molecular weight is 432 g/mol. The lowest BCUT2D eigenvalue weighted by atomic mass is 10.2. The van der Waals surface area contributed by atoms with Crippen LogP contribution in [0.25, 0.3) is 22.6 Å². The summed E-state index contributed by atoms with van der Waals surface area (Å²) in [7, 11) is 2.02. The number of ether oxygens (including phenoxy) is 1. The van der Waals surface area contributed by atoms with Crippen LogP contribution in [0.15, 0.2) is 35.1 Å². The number of imidazole rings is 1. The summed E-state index contributed by atoms with van der Waals surface area (Å²) in [5.41, 5.74) is 6.05. The fourth-order valence-electron chi connectivity index (χ4n) is 3.15. The molecule has 0 spiro atoms. The molecule has 1 saturated heterocycles. The van der Waals surface area contributed by atoms with Crippen molar-refractivity contribution >= 4 is 32.5 Å². The van der Waals surface area contributed by atoms with E-state index in [1.165, 1.54) is 4.57 Å². The molecule has 1 aliphatic rings. The Bertz CT molecular complexity index is 1110. The molecule has 0 bridgehead atoms. The molecule has 0 saturated carbocycles. The van der Waals surface area contributed by atoms with Gasteiger partial charge in [0.1, 0.15) is 25.1 Å². The molecular formula is C17H20BN5O6P+. The number of fused-ring (bicyclic) bond motifs is 1. The molecule has 13 heteroatoms. The molecule has 4 atom stereocenters.